The van der Waals surface area contributed by atoms with Gasteiger partial charge in [-0.15, -0.1) is 11.3 Å². The molecule has 0 aliphatic rings. The summed E-state index contributed by atoms with van der Waals surface area (Å²) >= 11 is 1.21. The van der Waals surface area contributed by atoms with Crippen LogP contribution in [0.15, 0.2) is 5.38 Å². The molecular weight excluding hydrogens is 162 g/mol. The smallest absolute Gasteiger partial charge is 0.191 e. The molecule has 0 bridgehead atoms. The fourth-order valence-electron chi connectivity index (χ4n) is 0.620. The third kappa shape index (κ3) is 1.71. The van der Waals surface area contributed by atoms with E-state index in [4.69, 9.17) is 0 Å². The van der Waals surface area contributed by atoms with Crippen LogP contribution in [0.25, 0.3) is 0 Å². The van der Waals surface area contributed by atoms with Crippen LogP contribution in [-0.2, 0) is 0 Å². The molecule has 1 aromatic rings. The number of carbonyl (C=O) groups is 2. The second-order valence-electron chi connectivity index (χ2n) is 1.97. The summed E-state index contributed by atoms with van der Waals surface area (Å²) in [4.78, 5) is 24.9. The molecule has 0 spiro atoms. The minimum Gasteiger partial charge on any atom is -0.296 e. The van der Waals surface area contributed by atoms with E-state index in [2.05, 4.69) is 4.98 Å². The maximum atomic E-state index is 11.0. The lowest BCUT2D eigenvalue weighted by Gasteiger charge is -1.85. The maximum Gasteiger partial charge on any atom is 0.191 e. The third-order valence-electron chi connectivity index (χ3n) is 1.20. The van der Waals surface area contributed by atoms with E-state index < -0.39 is 0 Å². The van der Waals surface area contributed by atoms with Crippen LogP contribution in [0.1, 0.15) is 33.6 Å². The molecule has 58 valence electrons. The van der Waals surface area contributed by atoms with Crippen molar-refractivity contribution in [3.05, 3.63) is 16.1 Å². The van der Waals surface area contributed by atoms with E-state index in [1.54, 1.807) is 12.3 Å². The van der Waals surface area contributed by atoms with E-state index in [0.717, 1.165) is 0 Å². The van der Waals surface area contributed by atoms with Gasteiger partial charge in [0.15, 0.2) is 17.1 Å². The minimum atomic E-state index is -0.0110. The summed E-state index contributed by atoms with van der Waals surface area (Å²) in [6, 6.07) is 0. The maximum absolute atomic E-state index is 11.0. The van der Waals surface area contributed by atoms with Crippen LogP contribution in [0.3, 0.4) is 0 Å². The van der Waals surface area contributed by atoms with Crippen LogP contribution in [-0.4, -0.2) is 17.1 Å². The molecule has 4 heteroatoms. The molecule has 0 N–H and O–H groups in total. The van der Waals surface area contributed by atoms with E-state index in [-0.39, 0.29) is 5.78 Å². The highest BCUT2D eigenvalue weighted by atomic mass is 32.1. The van der Waals surface area contributed by atoms with E-state index in [0.29, 0.717) is 23.4 Å². The Kier molecular flexibility index (Phi) is 2.48. The van der Waals surface area contributed by atoms with Crippen molar-refractivity contribution in [2.24, 2.45) is 0 Å². The molecular formula is C7H7NO2S. The van der Waals surface area contributed by atoms with Crippen LogP contribution < -0.4 is 0 Å². The molecule has 1 heterocycles. The van der Waals surface area contributed by atoms with Crippen LogP contribution in [0.5, 0.6) is 0 Å². The number of rotatable bonds is 3. The normalized spacial score (nSPS) is 9.55. The number of thiazole rings is 1. The van der Waals surface area contributed by atoms with Crippen molar-refractivity contribution in [2.75, 3.05) is 0 Å². The van der Waals surface area contributed by atoms with Crippen molar-refractivity contribution < 1.29 is 9.59 Å². The van der Waals surface area contributed by atoms with Crippen LogP contribution in [0.4, 0.5) is 0 Å². The van der Waals surface area contributed by atoms with Gasteiger partial charge in [0.25, 0.3) is 0 Å². The average molecular weight is 169 g/mol. The number of hydrogen-bond acceptors (Lipinski definition) is 4. The molecule has 0 amide bonds. The third-order valence-corrected chi connectivity index (χ3v) is 2.10. The molecule has 3 nitrogen and oxygen atoms in total. The summed E-state index contributed by atoms with van der Waals surface area (Å²) in [7, 11) is 0. The second kappa shape index (κ2) is 3.39. The zero-order valence-electron chi connectivity index (χ0n) is 6.03. The Morgan fingerprint density at radius 1 is 1.82 bits per heavy atom. The van der Waals surface area contributed by atoms with Gasteiger partial charge in [-0.25, -0.2) is 4.98 Å². The molecule has 0 atom stereocenters. The SMILES string of the molecule is CCC(=O)c1nc(C=O)cs1. The molecule has 0 radical (unpaired) electrons. The summed E-state index contributed by atoms with van der Waals surface area (Å²) in [5.74, 6) is -0.0110. The van der Waals surface area contributed by atoms with Gasteiger partial charge in [-0.1, -0.05) is 6.92 Å². The molecule has 0 aliphatic carbocycles. The highest BCUT2D eigenvalue weighted by Crippen LogP contribution is 2.09. The van der Waals surface area contributed by atoms with Crippen molar-refractivity contribution in [1.82, 2.24) is 4.98 Å². The molecule has 0 aliphatic heterocycles. The van der Waals surface area contributed by atoms with Gasteiger partial charge in [0.2, 0.25) is 0 Å². The van der Waals surface area contributed by atoms with E-state index in [1.165, 1.54) is 11.3 Å². The first-order chi connectivity index (χ1) is 5.27. The molecule has 0 aromatic carbocycles. The summed E-state index contributed by atoms with van der Waals surface area (Å²) in [6.07, 6.45) is 1.08. The zero-order chi connectivity index (χ0) is 8.27. The van der Waals surface area contributed by atoms with E-state index in [1.807, 2.05) is 0 Å². The Labute approximate surface area is 68.1 Å². The number of carbonyl (C=O) groups excluding carboxylic acids is 2. The lowest BCUT2D eigenvalue weighted by atomic mass is 10.3. The van der Waals surface area contributed by atoms with Gasteiger partial charge in [-0.3, -0.25) is 9.59 Å². The molecule has 1 aromatic heterocycles. The molecule has 0 fully saturated rings. The predicted octanol–water partition coefficient (Wildman–Crippen LogP) is 1.55. The Balaban J connectivity index is 2.88. The van der Waals surface area contributed by atoms with Gasteiger partial charge >= 0.3 is 0 Å². The van der Waals surface area contributed by atoms with Crippen LogP contribution >= 0.6 is 11.3 Å². The number of ketones is 1. The number of aromatic nitrogens is 1. The molecule has 11 heavy (non-hydrogen) atoms. The summed E-state index contributed by atoms with van der Waals surface area (Å²) < 4.78 is 0. The van der Waals surface area contributed by atoms with Gasteiger partial charge in [0, 0.05) is 11.8 Å². The minimum absolute atomic E-state index is 0.0110. The van der Waals surface area contributed by atoms with Gasteiger partial charge in [-0.2, -0.15) is 0 Å². The van der Waals surface area contributed by atoms with E-state index >= 15 is 0 Å². The van der Waals surface area contributed by atoms with Crippen molar-refractivity contribution in [2.45, 2.75) is 13.3 Å². The summed E-state index contributed by atoms with van der Waals surface area (Å²) in [5, 5.41) is 2.00. The first kappa shape index (κ1) is 8.07. The van der Waals surface area contributed by atoms with Gasteiger partial charge in [-0.05, 0) is 0 Å². The zero-order valence-corrected chi connectivity index (χ0v) is 6.85. The lowest BCUT2D eigenvalue weighted by Crippen LogP contribution is -1.95. The van der Waals surface area contributed by atoms with Gasteiger partial charge in [0.05, 0.1) is 0 Å². The molecule has 0 unspecified atom stereocenters. The van der Waals surface area contributed by atoms with Crippen molar-refractivity contribution in [3.8, 4) is 0 Å². The Bertz CT molecular complexity index is 280. The standard InChI is InChI=1S/C7H7NO2S/c1-2-6(10)7-8-5(3-9)4-11-7/h3-4H,2H2,1H3. The summed E-state index contributed by atoms with van der Waals surface area (Å²) in [6.45, 7) is 1.77. The first-order valence-electron chi connectivity index (χ1n) is 3.21. The lowest BCUT2D eigenvalue weighted by molar-refractivity contribution is 0.0988. The monoisotopic (exact) mass is 169 g/mol. The fraction of sp³-hybridized carbons (Fsp3) is 0.286. The molecule has 1 rings (SSSR count). The predicted molar refractivity (Wildman–Crippen MR) is 42.1 cm³/mol. The fourth-order valence-corrected chi connectivity index (χ4v) is 1.39. The highest BCUT2D eigenvalue weighted by molar-refractivity contribution is 7.11. The van der Waals surface area contributed by atoms with Crippen molar-refractivity contribution >= 4 is 23.4 Å². The number of aldehydes is 1. The Hall–Kier alpha value is -1.03. The quantitative estimate of drug-likeness (QED) is 0.509. The van der Waals surface area contributed by atoms with E-state index in [9.17, 15) is 9.59 Å². The van der Waals surface area contributed by atoms with Crippen molar-refractivity contribution in [3.63, 3.8) is 0 Å². The largest absolute Gasteiger partial charge is 0.296 e. The number of nitrogens with zero attached hydrogens (tertiary/aromatic N) is 1. The Morgan fingerprint density at radius 3 is 3.00 bits per heavy atom. The van der Waals surface area contributed by atoms with Crippen LogP contribution in [0, 0.1) is 0 Å². The van der Waals surface area contributed by atoms with Crippen LogP contribution in [0.2, 0.25) is 0 Å². The molecule has 0 saturated carbocycles. The van der Waals surface area contributed by atoms with Crippen molar-refractivity contribution in [1.29, 1.82) is 0 Å². The topological polar surface area (TPSA) is 47.0 Å². The first-order valence-corrected chi connectivity index (χ1v) is 4.09. The second-order valence-corrected chi connectivity index (χ2v) is 2.83. The number of Topliss-reactive ketones (excluding diaryl/α,β-unsaturated/α-hetero) is 1. The average Bonchev–Trinajstić information content (AvgIpc) is 2.50. The number of hydrogen-bond donors (Lipinski definition) is 0. The van der Waals surface area contributed by atoms with Gasteiger partial charge < -0.3 is 0 Å². The molecule has 0 saturated heterocycles. The summed E-state index contributed by atoms with van der Waals surface area (Å²) in [5.41, 5.74) is 0.340. The van der Waals surface area contributed by atoms with Gasteiger partial charge in [0.1, 0.15) is 5.69 Å². The highest BCUT2D eigenvalue weighted by Gasteiger charge is 2.07. The Morgan fingerprint density at radius 2 is 2.55 bits per heavy atom.